The molecule has 3 amide bonds. The van der Waals surface area contributed by atoms with Gasteiger partial charge in [-0.05, 0) is 20.3 Å². The SMILES string of the molecule is CC1(C)OCCC1N1C(=O)CNC1=O. The molecule has 2 aliphatic heterocycles. The number of urea groups is 1. The lowest BCUT2D eigenvalue weighted by molar-refractivity contribution is -0.129. The van der Waals surface area contributed by atoms with Gasteiger partial charge in [0, 0.05) is 6.61 Å². The number of ether oxygens (including phenoxy) is 1. The van der Waals surface area contributed by atoms with Gasteiger partial charge in [-0.3, -0.25) is 9.69 Å². The molecule has 2 saturated heterocycles. The van der Waals surface area contributed by atoms with Gasteiger partial charge in [-0.2, -0.15) is 0 Å². The minimum absolute atomic E-state index is 0.116. The second-order valence-corrected chi connectivity index (χ2v) is 4.18. The fraction of sp³-hybridized carbons (Fsp3) is 0.778. The van der Waals surface area contributed by atoms with E-state index in [4.69, 9.17) is 4.74 Å². The number of amides is 3. The zero-order chi connectivity index (χ0) is 10.3. The molecular weight excluding hydrogens is 184 g/mol. The average Bonchev–Trinajstić information content (AvgIpc) is 2.57. The summed E-state index contributed by atoms with van der Waals surface area (Å²) in [4.78, 5) is 24.1. The first kappa shape index (κ1) is 9.45. The first-order valence-electron chi connectivity index (χ1n) is 4.76. The van der Waals surface area contributed by atoms with Crippen LogP contribution in [0.4, 0.5) is 4.79 Å². The first-order chi connectivity index (χ1) is 6.52. The summed E-state index contributed by atoms with van der Waals surface area (Å²) >= 11 is 0. The molecule has 0 radical (unpaired) electrons. The zero-order valence-electron chi connectivity index (χ0n) is 8.37. The molecule has 0 aromatic carbocycles. The van der Waals surface area contributed by atoms with Gasteiger partial charge in [0.2, 0.25) is 5.91 Å². The summed E-state index contributed by atoms with van der Waals surface area (Å²) in [5.74, 6) is -0.154. The van der Waals surface area contributed by atoms with E-state index in [9.17, 15) is 9.59 Å². The highest BCUT2D eigenvalue weighted by Crippen LogP contribution is 2.30. The molecule has 0 saturated carbocycles. The van der Waals surface area contributed by atoms with Crippen molar-refractivity contribution in [3.8, 4) is 0 Å². The largest absolute Gasteiger partial charge is 0.373 e. The second kappa shape index (κ2) is 2.95. The van der Waals surface area contributed by atoms with Gasteiger partial charge in [0.05, 0.1) is 18.2 Å². The minimum Gasteiger partial charge on any atom is -0.373 e. The Morgan fingerprint density at radius 3 is 2.64 bits per heavy atom. The number of rotatable bonds is 1. The summed E-state index contributed by atoms with van der Waals surface area (Å²) in [6.07, 6.45) is 0.728. The summed E-state index contributed by atoms with van der Waals surface area (Å²) in [6, 6.07) is -0.420. The van der Waals surface area contributed by atoms with Gasteiger partial charge < -0.3 is 10.1 Å². The van der Waals surface area contributed by atoms with Gasteiger partial charge in [0.1, 0.15) is 0 Å². The maximum atomic E-state index is 11.4. The van der Waals surface area contributed by atoms with Crippen LogP contribution in [0.25, 0.3) is 0 Å². The zero-order valence-corrected chi connectivity index (χ0v) is 8.37. The van der Waals surface area contributed by atoms with Crippen LogP contribution >= 0.6 is 0 Å². The topological polar surface area (TPSA) is 58.6 Å². The van der Waals surface area contributed by atoms with Crippen molar-refractivity contribution in [3.05, 3.63) is 0 Å². The Bertz CT molecular complexity index is 272. The number of carbonyl (C=O) groups is 2. The predicted octanol–water partition coefficient (Wildman–Crippen LogP) is 0.106. The molecule has 0 spiro atoms. The monoisotopic (exact) mass is 198 g/mol. The Labute approximate surface area is 82.4 Å². The number of carbonyl (C=O) groups excluding carboxylic acids is 2. The molecule has 14 heavy (non-hydrogen) atoms. The summed E-state index contributed by atoms with van der Waals surface area (Å²) in [7, 11) is 0. The maximum absolute atomic E-state index is 11.4. The van der Waals surface area contributed by atoms with E-state index in [1.54, 1.807) is 0 Å². The van der Waals surface area contributed by atoms with E-state index in [-0.39, 0.29) is 24.5 Å². The highest BCUT2D eigenvalue weighted by Gasteiger charge is 2.46. The lowest BCUT2D eigenvalue weighted by Gasteiger charge is -2.31. The van der Waals surface area contributed by atoms with Crippen LogP contribution in [0.15, 0.2) is 0 Å². The lowest BCUT2D eigenvalue weighted by atomic mass is 9.97. The predicted molar refractivity (Wildman–Crippen MR) is 48.7 cm³/mol. The number of hydrogen-bond donors (Lipinski definition) is 1. The molecule has 1 unspecified atom stereocenters. The molecule has 2 fully saturated rings. The first-order valence-corrected chi connectivity index (χ1v) is 4.76. The third kappa shape index (κ3) is 1.28. The highest BCUT2D eigenvalue weighted by molar-refractivity contribution is 6.02. The van der Waals surface area contributed by atoms with E-state index in [0.717, 1.165) is 6.42 Å². The van der Waals surface area contributed by atoms with Crippen LogP contribution in [0.1, 0.15) is 20.3 Å². The highest BCUT2D eigenvalue weighted by atomic mass is 16.5. The van der Waals surface area contributed by atoms with Crippen LogP contribution in [-0.2, 0) is 9.53 Å². The molecule has 0 aromatic rings. The molecule has 1 atom stereocenters. The van der Waals surface area contributed by atoms with Crippen molar-refractivity contribution in [1.82, 2.24) is 10.2 Å². The molecule has 2 aliphatic rings. The number of hydrogen-bond acceptors (Lipinski definition) is 3. The third-order valence-corrected chi connectivity index (χ3v) is 2.86. The van der Waals surface area contributed by atoms with E-state index in [1.807, 2.05) is 13.8 Å². The van der Waals surface area contributed by atoms with Gasteiger partial charge in [-0.1, -0.05) is 0 Å². The molecule has 2 rings (SSSR count). The van der Waals surface area contributed by atoms with E-state index < -0.39 is 5.60 Å². The molecule has 5 heteroatoms. The summed E-state index contributed by atoms with van der Waals surface area (Å²) in [5, 5.41) is 2.52. The number of nitrogens with one attached hydrogen (secondary N) is 1. The molecule has 5 nitrogen and oxygen atoms in total. The van der Waals surface area contributed by atoms with Gasteiger partial charge in [0.15, 0.2) is 0 Å². The maximum Gasteiger partial charge on any atom is 0.324 e. The van der Waals surface area contributed by atoms with E-state index in [1.165, 1.54) is 4.90 Å². The normalized spacial score (nSPS) is 31.0. The Morgan fingerprint density at radius 2 is 2.21 bits per heavy atom. The Kier molecular flexibility index (Phi) is 1.99. The van der Waals surface area contributed by atoms with Crippen LogP contribution in [0.5, 0.6) is 0 Å². The van der Waals surface area contributed by atoms with Gasteiger partial charge in [0.25, 0.3) is 0 Å². The van der Waals surface area contributed by atoms with Crippen molar-refractivity contribution in [3.63, 3.8) is 0 Å². The molecular formula is C9H14N2O3. The summed E-state index contributed by atoms with van der Waals surface area (Å²) in [5.41, 5.74) is -0.419. The number of imide groups is 1. The minimum atomic E-state index is -0.419. The second-order valence-electron chi connectivity index (χ2n) is 4.18. The van der Waals surface area contributed by atoms with Crippen LogP contribution < -0.4 is 5.32 Å². The van der Waals surface area contributed by atoms with Crippen molar-refractivity contribution >= 4 is 11.9 Å². The van der Waals surface area contributed by atoms with E-state index in [0.29, 0.717) is 6.61 Å². The quantitative estimate of drug-likeness (QED) is 0.608. The van der Waals surface area contributed by atoms with Crippen molar-refractivity contribution < 1.29 is 14.3 Å². The summed E-state index contributed by atoms with van der Waals surface area (Å²) in [6.45, 7) is 4.53. The molecule has 0 aliphatic carbocycles. The standard InChI is InChI=1S/C9H14N2O3/c1-9(2)6(3-4-14-9)11-7(12)5-10-8(11)13/h6H,3-5H2,1-2H3,(H,10,13). The van der Waals surface area contributed by atoms with E-state index in [2.05, 4.69) is 5.32 Å². The van der Waals surface area contributed by atoms with Crippen molar-refractivity contribution in [2.75, 3.05) is 13.2 Å². The molecule has 78 valence electrons. The lowest BCUT2D eigenvalue weighted by Crippen LogP contribution is -2.49. The number of nitrogens with zero attached hydrogens (tertiary/aromatic N) is 1. The molecule has 0 aromatic heterocycles. The molecule has 1 N–H and O–H groups in total. The van der Waals surface area contributed by atoms with Gasteiger partial charge >= 0.3 is 6.03 Å². The van der Waals surface area contributed by atoms with Crippen molar-refractivity contribution in [2.24, 2.45) is 0 Å². The average molecular weight is 198 g/mol. The van der Waals surface area contributed by atoms with Gasteiger partial charge in [-0.25, -0.2) is 4.79 Å². The van der Waals surface area contributed by atoms with Crippen molar-refractivity contribution in [2.45, 2.75) is 31.9 Å². The van der Waals surface area contributed by atoms with Crippen molar-refractivity contribution in [1.29, 1.82) is 0 Å². The fourth-order valence-corrected chi connectivity index (χ4v) is 2.07. The Balaban J connectivity index is 2.22. The Morgan fingerprint density at radius 1 is 1.50 bits per heavy atom. The van der Waals surface area contributed by atoms with Crippen LogP contribution in [0.3, 0.4) is 0 Å². The molecule has 0 bridgehead atoms. The van der Waals surface area contributed by atoms with Crippen LogP contribution in [0.2, 0.25) is 0 Å². The molecule has 2 heterocycles. The van der Waals surface area contributed by atoms with Gasteiger partial charge in [-0.15, -0.1) is 0 Å². The smallest absolute Gasteiger partial charge is 0.324 e. The van der Waals surface area contributed by atoms with E-state index >= 15 is 0 Å². The van der Waals surface area contributed by atoms with Crippen LogP contribution in [-0.4, -0.2) is 41.6 Å². The fourth-order valence-electron chi connectivity index (χ4n) is 2.07. The third-order valence-electron chi connectivity index (χ3n) is 2.86. The van der Waals surface area contributed by atoms with Crippen LogP contribution in [0, 0.1) is 0 Å². The Hall–Kier alpha value is -1.10. The summed E-state index contributed by atoms with van der Waals surface area (Å²) < 4.78 is 5.49.